The van der Waals surface area contributed by atoms with Gasteiger partial charge in [-0.2, -0.15) is 0 Å². The van der Waals surface area contributed by atoms with Crippen LogP contribution in [0.4, 0.5) is 0 Å². The van der Waals surface area contributed by atoms with E-state index in [-0.39, 0.29) is 12.5 Å². The molecule has 0 fully saturated rings. The van der Waals surface area contributed by atoms with E-state index < -0.39 is 29.9 Å². The fourth-order valence-corrected chi connectivity index (χ4v) is 4.04. The summed E-state index contributed by atoms with van der Waals surface area (Å²) in [5.41, 5.74) is 2.62. The third-order valence-electron chi connectivity index (χ3n) is 5.81. The number of aryl methyl sites for hydroxylation is 1. The molecule has 0 spiro atoms. The molecule has 3 unspecified atom stereocenters. The molecule has 3 atom stereocenters. The van der Waals surface area contributed by atoms with Crippen LogP contribution in [0.5, 0.6) is 0 Å². The summed E-state index contributed by atoms with van der Waals surface area (Å²) in [5.74, 6) is -2.96. The zero-order valence-corrected chi connectivity index (χ0v) is 17.5. The monoisotopic (exact) mass is 424 g/mol. The highest BCUT2D eigenvalue weighted by Gasteiger charge is 2.36. The Labute approximate surface area is 181 Å². The van der Waals surface area contributed by atoms with Gasteiger partial charge in [-0.25, -0.2) is 0 Å². The van der Waals surface area contributed by atoms with Crippen LogP contribution < -0.4 is 5.32 Å². The lowest BCUT2D eigenvalue weighted by atomic mass is 9.89. The molecule has 0 aromatic heterocycles. The molecular formula is C24H28N2O5. The maximum absolute atomic E-state index is 13.4. The number of likely N-dealkylation sites (N-methyl/N-ethyl adjacent to an activating group) is 1. The molecule has 2 aromatic rings. The number of rotatable bonds is 9. The summed E-state index contributed by atoms with van der Waals surface area (Å²) in [7, 11) is 0. The quantitative estimate of drug-likeness (QED) is 0.571. The Morgan fingerprint density at radius 3 is 2.39 bits per heavy atom. The van der Waals surface area contributed by atoms with Gasteiger partial charge in [-0.3, -0.25) is 19.7 Å². The minimum Gasteiger partial charge on any atom is -0.481 e. The number of benzene rings is 2. The van der Waals surface area contributed by atoms with E-state index in [2.05, 4.69) is 5.32 Å². The van der Waals surface area contributed by atoms with Crippen molar-refractivity contribution in [1.82, 2.24) is 10.2 Å². The molecule has 1 amide bonds. The summed E-state index contributed by atoms with van der Waals surface area (Å²) in [6, 6.07) is 15.3. The summed E-state index contributed by atoms with van der Waals surface area (Å²) in [5, 5.41) is 22.2. The predicted octanol–water partition coefficient (Wildman–Crippen LogP) is 2.51. The normalized spacial score (nSPS) is 18.6. The highest BCUT2D eigenvalue weighted by Crippen LogP contribution is 2.27. The third-order valence-corrected chi connectivity index (χ3v) is 5.81. The van der Waals surface area contributed by atoms with Crippen molar-refractivity contribution in [2.75, 3.05) is 13.1 Å². The van der Waals surface area contributed by atoms with Gasteiger partial charge in [0, 0.05) is 13.1 Å². The number of carboxylic acid groups (broad SMARTS) is 2. The maximum Gasteiger partial charge on any atom is 0.321 e. The summed E-state index contributed by atoms with van der Waals surface area (Å²) in [6.45, 7) is 2.22. The molecule has 0 radical (unpaired) electrons. The molecule has 3 N–H and O–H groups in total. The predicted molar refractivity (Wildman–Crippen MR) is 116 cm³/mol. The van der Waals surface area contributed by atoms with Gasteiger partial charge in [0.2, 0.25) is 5.91 Å². The molecule has 1 aliphatic heterocycles. The molecule has 0 bridgehead atoms. The molecule has 0 aliphatic carbocycles. The van der Waals surface area contributed by atoms with Gasteiger partial charge in [0.15, 0.2) is 0 Å². The molecule has 31 heavy (non-hydrogen) atoms. The molecule has 7 nitrogen and oxygen atoms in total. The number of carbonyl (C=O) groups excluding carboxylic acids is 1. The number of hydrogen-bond donors (Lipinski definition) is 3. The summed E-state index contributed by atoms with van der Waals surface area (Å²) >= 11 is 0. The highest BCUT2D eigenvalue weighted by atomic mass is 16.4. The van der Waals surface area contributed by atoms with E-state index >= 15 is 0 Å². The first-order valence-corrected chi connectivity index (χ1v) is 10.5. The molecular weight excluding hydrogens is 396 g/mol. The van der Waals surface area contributed by atoms with Gasteiger partial charge in [0.1, 0.15) is 12.1 Å². The molecule has 164 valence electrons. The van der Waals surface area contributed by atoms with Crippen molar-refractivity contribution in [3.63, 3.8) is 0 Å². The first-order valence-electron chi connectivity index (χ1n) is 10.5. The van der Waals surface area contributed by atoms with Crippen molar-refractivity contribution >= 4 is 17.8 Å². The fourth-order valence-electron chi connectivity index (χ4n) is 4.04. The Kier molecular flexibility index (Phi) is 7.41. The second-order valence-electron chi connectivity index (χ2n) is 7.83. The van der Waals surface area contributed by atoms with E-state index in [1.807, 2.05) is 54.6 Å². The van der Waals surface area contributed by atoms with Gasteiger partial charge < -0.3 is 15.1 Å². The van der Waals surface area contributed by atoms with E-state index in [1.54, 1.807) is 6.92 Å². The van der Waals surface area contributed by atoms with Gasteiger partial charge in [-0.05, 0) is 42.9 Å². The molecule has 3 rings (SSSR count). The number of aliphatic carboxylic acids is 2. The minimum atomic E-state index is -1.01. The Hall–Kier alpha value is -3.19. The lowest BCUT2D eigenvalue weighted by molar-refractivity contribution is -0.144. The van der Waals surface area contributed by atoms with Crippen LogP contribution in [0, 0.1) is 5.92 Å². The van der Waals surface area contributed by atoms with Crippen molar-refractivity contribution < 1.29 is 24.6 Å². The Morgan fingerprint density at radius 2 is 1.74 bits per heavy atom. The minimum absolute atomic E-state index is 0.0790. The zero-order valence-electron chi connectivity index (χ0n) is 17.5. The summed E-state index contributed by atoms with van der Waals surface area (Å²) in [4.78, 5) is 38.4. The van der Waals surface area contributed by atoms with Crippen LogP contribution in [0.1, 0.15) is 36.1 Å². The van der Waals surface area contributed by atoms with E-state index in [0.29, 0.717) is 25.8 Å². The smallest absolute Gasteiger partial charge is 0.321 e. The molecule has 2 aromatic carbocycles. The third kappa shape index (κ3) is 5.49. The molecule has 1 heterocycles. The van der Waals surface area contributed by atoms with Crippen molar-refractivity contribution in [1.29, 1.82) is 0 Å². The van der Waals surface area contributed by atoms with Crippen LogP contribution in [0.15, 0.2) is 54.6 Å². The van der Waals surface area contributed by atoms with Crippen molar-refractivity contribution in [2.24, 2.45) is 5.92 Å². The van der Waals surface area contributed by atoms with Crippen LogP contribution in [0.2, 0.25) is 0 Å². The van der Waals surface area contributed by atoms with Crippen LogP contribution in [-0.4, -0.2) is 52.1 Å². The lowest BCUT2D eigenvalue weighted by Gasteiger charge is -2.34. The fraction of sp³-hybridized carbons (Fsp3) is 0.375. The molecule has 7 heteroatoms. The van der Waals surface area contributed by atoms with Gasteiger partial charge in [0.25, 0.3) is 0 Å². The number of hydrogen-bond acceptors (Lipinski definition) is 4. The summed E-state index contributed by atoms with van der Waals surface area (Å²) in [6.07, 6.45) is 1.32. The van der Waals surface area contributed by atoms with E-state index in [4.69, 9.17) is 0 Å². The summed E-state index contributed by atoms with van der Waals surface area (Å²) < 4.78 is 0. The number of carboxylic acids is 2. The number of carbonyl (C=O) groups is 3. The van der Waals surface area contributed by atoms with Crippen LogP contribution in [0.25, 0.3) is 0 Å². The number of amides is 1. The lowest BCUT2D eigenvalue weighted by Crippen LogP contribution is -2.51. The number of nitrogens with one attached hydrogen (secondary N) is 1. The molecule has 0 saturated heterocycles. The standard InChI is InChI=1S/C24H28N2O5/c1-2-26(15-18(23(28)29)13-12-16-8-4-3-5-9-16)22(27)21-19-11-7-6-10-17(19)14-20(25-21)24(30)31/h3-11,18,20-21,25H,2,12-15H2,1H3,(H,28,29)(H,30,31). The van der Waals surface area contributed by atoms with Crippen molar-refractivity contribution in [2.45, 2.75) is 38.3 Å². The SMILES string of the molecule is CCN(CC(CCc1ccccc1)C(=O)O)C(=O)C1NC(C(=O)O)Cc2ccccc21. The Morgan fingerprint density at radius 1 is 1.06 bits per heavy atom. The first kappa shape index (κ1) is 22.5. The van der Waals surface area contributed by atoms with E-state index in [1.165, 1.54) is 4.90 Å². The van der Waals surface area contributed by atoms with Crippen molar-refractivity contribution in [3.8, 4) is 0 Å². The average molecular weight is 424 g/mol. The van der Waals surface area contributed by atoms with Gasteiger partial charge >= 0.3 is 11.9 Å². The highest BCUT2D eigenvalue weighted by molar-refractivity contribution is 5.86. The Balaban J connectivity index is 1.76. The van der Waals surface area contributed by atoms with Crippen molar-refractivity contribution in [3.05, 3.63) is 71.3 Å². The van der Waals surface area contributed by atoms with Crippen LogP contribution in [-0.2, 0) is 27.2 Å². The molecule has 1 aliphatic rings. The zero-order chi connectivity index (χ0) is 22.4. The largest absolute Gasteiger partial charge is 0.481 e. The van der Waals surface area contributed by atoms with E-state index in [9.17, 15) is 24.6 Å². The van der Waals surface area contributed by atoms with Gasteiger partial charge in [-0.15, -0.1) is 0 Å². The average Bonchev–Trinajstić information content (AvgIpc) is 2.78. The molecule has 0 saturated carbocycles. The number of fused-ring (bicyclic) bond motifs is 1. The maximum atomic E-state index is 13.4. The van der Waals surface area contributed by atoms with Gasteiger partial charge in [0.05, 0.1) is 5.92 Å². The second kappa shape index (κ2) is 10.2. The van der Waals surface area contributed by atoms with E-state index in [0.717, 1.165) is 16.7 Å². The number of nitrogens with zero attached hydrogens (tertiary/aromatic N) is 1. The van der Waals surface area contributed by atoms with Crippen LogP contribution >= 0.6 is 0 Å². The second-order valence-corrected chi connectivity index (χ2v) is 7.83. The topological polar surface area (TPSA) is 107 Å². The Bertz CT molecular complexity index is 931. The van der Waals surface area contributed by atoms with Crippen LogP contribution in [0.3, 0.4) is 0 Å². The van der Waals surface area contributed by atoms with Gasteiger partial charge in [-0.1, -0.05) is 54.6 Å². The first-order chi connectivity index (χ1) is 14.9.